The number of aromatic nitrogens is 3. The summed E-state index contributed by atoms with van der Waals surface area (Å²) in [5.41, 5.74) is 5.18. The number of carbonyl (C=O) groups excluding carboxylic acids is 1. The van der Waals surface area contributed by atoms with Gasteiger partial charge in [-0.15, -0.1) is 0 Å². The predicted molar refractivity (Wildman–Crippen MR) is 105 cm³/mol. The molecule has 0 radical (unpaired) electrons. The van der Waals surface area contributed by atoms with Crippen molar-refractivity contribution in [2.24, 2.45) is 0 Å². The summed E-state index contributed by atoms with van der Waals surface area (Å²) >= 11 is 6.10. The van der Waals surface area contributed by atoms with Gasteiger partial charge >= 0.3 is 0 Å². The van der Waals surface area contributed by atoms with Crippen molar-refractivity contribution in [3.8, 4) is 16.8 Å². The van der Waals surface area contributed by atoms with Crippen LogP contribution in [0.4, 0.5) is 0 Å². The van der Waals surface area contributed by atoms with Crippen molar-refractivity contribution in [2.75, 3.05) is 7.11 Å². The number of pyridine rings is 1. The van der Waals surface area contributed by atoms with Crippen molar-refractivity contribution in [3.63, 3.8) is 0 Å². The summed E-state index contributed by atoms with van der Waals surface area (Å²) in [4.78, 5) is 15.3. The maximum atomic E-state index is 10.9. The van der Waals surface area contributed by atoms with Crippen molar-refractivity contribution >= 4 is 28.8 Å². The summed E-state index contributed by atoms with van der Waals surface area (Å²) in [5, 5.41) is 6.19. The molecule has 0 saturated carbocycles. The van der Waals surface area contributed by atoms with E-state index in [1.807, 2.05) is 47.3 Å². The third kappa shape index (κ3) is 3.23. The topological polar surface area (TPSA) is 57.0 Å². The molecule has 0 unspecified atom stereocenters. The monoisotopic (exact) mass is 377 g/mol. The molecular weight excluding hydrogens is 362 g/mol. The fourth-order valence-corrected chi connectivity index (χ4v) is 3.30. The van der Waals surface area contributed by atoms with Gasteiger partial charge in [-0.25, -0.2) is 4.68 Å². The summed E-state index contributed by atoms with van der Waals surface area (Å²) < 4.78 is 7.30. The SMILES string of the molecule is COCc1c(-c2ccc(C=O)cc2)cnn1-c1ccnc2cc(Cl)ccc12. The Morgan fingerprint density at radius 3 is 2.70 bits per heavy atom. The van der Waals surface area contributed by atoms with Crippen LogP contribution in [0.5, 0.6) is 0 Å². The third-order valence-electron chi connectivity index (χ3n) is 4.42. The Balaban J connectivity index is 1.89. The van der Waals surface area contributed by atoms with Crippen LogP contribution in [0.3, 0.4) is 0 Å². The molecule has 0 spiro atoms. The largest absolute Gasteiger partial charge is 0.378 e. The maximum absolute atomic E-state index is 10.9. The van der Waals surface area contributed by atoms with Gasteiger partial charge in [-0.05, 0) is 29.8 Å². The van der Waals surface area contributed by atoms with E-state index in [2.05, 4.69) is 10.1 Å². The van der Waals surface area contributed by atoms with E-state index in [1.165, 1.54) is 0 Å². The van der Waals surface area contributed by atoms with Gasteiger partial charge in [0, 0.05) is 34.8 Å². The van der Waals surface area contributed by atoms with Crippen LogP contribution in [0.15, 0.2) is 60.9 Å². The number of ether oxygens (including phenoxy) is 1. The molecule has 0 fully saturated rings. The molecule has 0 aliphatic carbocycles. The summed E-state index contributed by atoms with van der Waals surface area (Å²) in [6, 6.07) is 14.9. The van der Waals surface area contributed by atoms with Crippen LogP contribution in [0.1, 0.15) is 16.1 Å². The second-order valence-corrected chi connectivity index (χ2v) is 6.52. The highest BCUT2D eigenvalue weighted by atomic mass is 35.5. The molecule has 2 aromatic heterocycles. The third-order valence-corrected chi connectivity index (χ3v) is 4.65. The van der Waals surface area contributed by atoms with Crippen molar-refractivity contribution in [1.29, 1.82) is 0 Å². The Morgan fingerprint density at radius 2 is 1.96 bits per heavy atom. The molecular formula is C21H16ClN3O2. The highest BCUT2D eigenvalue weighted by Gasteiger charge is 2.16. The Bertz CT molecular complexity index is 1120. The zero-order valence-electron chi connectivity index (χ0n) is 14.6. The second-order valence-electron chi connectivity index (χ2n) is 6.08. The molecule has 27 heavy (non-hydrogen) atoms. The molecule has 2 heterocycles. The first-order chi connectivity index (χ1) is 13.2. The number of hydrogen-bond acceptors (Lipinski definition) is 4. The molecule has 0 aliphatic rings. The molecule has 0 amide bonds. The molecule has 0 atom stereocenters. The van der Waals surface area contributed by atoms with E-state index in [-0.39, 0.29) is 0 Å². The van der Waals surface area contributed by atoms with E-state index >= 15 is 0 Å². The number of carbonyl (C=O) groups is 1. The molecule has 5 nitrogen and oxygen atoms in total. The van der Waals surface area contributed by atoms with Gasteiger partial charge < -0.3 is 4.74 Å². The quantitative estimate of drug-likeness (QED) is 0.473. The second kappa shape index (κ2) is 7.31. The molecule has 4 rings (SSSR count). The van der Waals surface area contributed by atoms with E-state index < -0.39 is 0 Å². The predicted octanol–water partition coefficient (Wildman–Crippen LogP) is 4.70. The highest BCUT2D eigenvalue weighted by Crippen LogP contribution is 2.29. The molecule has 134 valence electrons. The lowest BCUT2D eigenvalue weighted by molar-refractivity contribution is 0.112. The Labute approximate surface area is 161 Å². The average molecular weight is 378 g/mol. The van der Waals surface area contributed by atoms with Gasteiger partial charge in [-0.1, -0.05) is 35.9 Å². The van der Waals surface area contributed by atoms with Crippen LogP contribution < -0.4 is 0 Å². The Morgan fingerprint density at radius 1 is 1.15 bits per heavy atom. The van der Waals surface area contributed by atoms with Gasteiger partial charge in [0.1, 0.15) is 6.29 Å². The molecule has 0 saturated heterocycles. The molecule has 0 aliphatic heterocycles. The minimum atomic E-state index is 0.391. The molecule has 0 bridgehead atoms. The van der Waals surface area contributed by atoms with E-state index in [0.29, 0.717) is 17.2 Å². The number of fused-ring (bicyclic) bond motifs is 1. The minimum Gasteiger partial charge on any atom is -0.378 e. The first-order valence-corrected chi connectivity index (χ1v) is 8.75. The number of nitrogens with zero attached hydrogens (tertiary/aromatic N) is 3. The molecule has 2 aromatic carbocycles. The molecule has 4 aromatic rings. The van der Waals surface area contributed by atoms with E-state index in [4.69, 9.17) is 16.3 Å². The van der Waals surface area contributed by atoms with E-state index in [1.54, 1.807) is 25.4 Å². The zero-order chi connectivity index (χ0) is 18.8. The summed E-state index contributed by atoms with van der Waals surface area (Å²) in [7, 11) is 1.65. The lowest BCUT2D eigenvalue weighted by Crippen LogP contribution is -2.05. The van der Waals surface area contributed by atoms with Crippen LogP contribution in [-0.4, -0.2) is 28.2 Å². The van der Waals surface area contributed by atoms with Gasteiger partial charge in [0.25, 0.3) is 0 Å². The number of methoxy groups -OCH3 is 1. The standard InChI is InChI=1S/C21H16ClN3O2/c1-27-13-21-18(15-4-2-14(12-26)3-5-15)11-24-25(21)20-8-9-23-19-10-16(22)6-7-17(19)20/h2-12H,13H2,1H3. The van der Waals surface area contributed by atoms with Crippen molar-refractivity contribution < 1.29 is 9.53 Å². The van der Waals surface area contributed by atoms with Crippen LogP contribution in [-0.2, 0) is 11.3 Å². The number of halogens is 1. The minimum absolute atomic E-state index is 0.391. The highest BCUT2D eigenvalue weighted by molar-refractivity contribution is 6.31. The fourth-order valence-electron chi connectivity index (χ4n) is 3.13. The maximum Gasteiger partial charge on any atom is 0.150 e. The van der Waals surface area contributed by atoms with Gasteiger partial charge in [-0.3, -0.25) is 9.78 Å². The first kappa shape index (κ1) is 17.4. The van der Waals surface area contributed by atoms with E-state index in [9.17, 15) is 4.79 Å². The Kier molecular flexibility index (Phi) is 4.71. The normalized spacial score (nSPS) is 11.0. The van der Waals surface area contributed by atoms with Gasteiger partial charge in [-0.2, -0.15) is 5.10 Å². The van der Waals surface area contributed by atoms with Crippen LogP contribution >= 0.6 is 11.6 Å². The number of benzene rings is 2. The van der Waals surface area contributed by atoms with E-state index in [0.717, 1.165) is 39.7 Å². The number of aldehydes is 1. The van der Waals surface area contributed by atoms with Gasteiger partial charge in [0.2, 0.25) is 0 Å². The van der Waals surface area contributed by atoms with Crippen molar-refractivity contribution in [1.82, 2.24) is 14.8 Å². The molecule has 0 N–H and O–H groups in total. The van der Waals surface area contributed by atoms with Crippen LogP contribution in [0.2, 0.25) is 5.02 Å². The van der Waals surface area contributed by atoms with Gasteiger partial charge in [0.05, 0.1) is 29.7 Å². The van der Waals surface area contributed by atoms with Crippen LogP contribution in [0.25, 0.3) is 27.7 Å². The smallest absolute Gasteiger partial charge is 0.150 e. The Hall–Kier alpha value is -3.02. The molecule has 6 heteroatoms. The fraction of sp³-hybridized carbons (Fsp3) is 0.0952. The van der Waals surface area contributed by atoms with Crippen molar-refractivity contribution in [3.05, 3.63) is 77.2 Å². The lowest BCUT2D eigenvalue weighted by Gasteiger charge is -2.12. The summed E-state index contributed by atoms with van der Waals surface area (Å²) in [5.74, 6) is 0. The first-order valence-electron chi connectivity index (χ1n) is 8.37. The average Bonchev–Trinajstić information content (AvgIpc) is 3.11. The van der Waals surface area contributed by atoms with Crippen molar-refractivity contribution in [2.45, 2.75) is 6.61 Å². The summed E-state index contributed by atoms with van der Waals surface area (Å²) in [6.07, 6.45) is 4.38. The lowest BCUT2D eigenvalue weighted by atomic mass is 10.0. The zero-order valence-corrected chi connectivity index (χ0v) is 15.3. The number of rotatable bonds is 5. The summed E-state index contributed by atoms with van der Waals surface area (Å²) in [6.45, 7) is 0.391. The number of hydrogen-bond donors (Lipinski definition) is 0. The van der Waals surface area contributed by atoms with Crippen LogP contribution in [0, 0.1) is 0 Å². The van der Waals surface area contributed by atoms with Gasteiger partial charge in [0.15, 0.2) is 0 Å².